The Hall–Kier alpha value is -2.78. The van der Waals surface area contributed by atoms with E-state index >= 15 is 0 Å². The van der Waals surface area contributed by atoms with E-state index in [4.69, 9.17) is 14.2 Å². The first-order chi connectivity index (χ1) is 17.1. The van der Waals surface area contributed by atoms with Crippen LogP contribution in [0.15, 0.2) is 48.5 Å². The second kappa shape index (κ2) is 13.3. The fourth-order valence-corrected chi connectivity index (χ4v) is 4.24. The van der Waals surface area contributed by atoms with E-state index < -0.39 is 0 Å². The number of hydrogen-bond donors (Lipinski definition) is 3. The number of hydrogen-bond acceptors (Lipinski definition) is 7. The van der Waals surface area contributed by atoms with Crippen LogP contribution in [0.4, 0.5) is 5.69 Å². The van der Waals surface area contributed by atoms with Crippen LogP contribution in [0.2, 0.25) is 0 Å². The largest absolute Gasteiger partial charge is 0.457 e. The van der Waals surface area contributed by atoms with Gasteiger partial charge in [0.05, 0.1) is 25.3 Å². The molecule has 0 radical (unpaired) electrons. The topological polar surface area (TPSA) is 97.9 Å². The molecule has 35 heavy (non-hydrogen) atoms. The van der Waals surface area contributed by atoms with E-state index in [0.29, 0.717) is 36.7 Å². The highest BCUT2D eigenvalue weighted by atomic mass is 16.5. The molecular weight excluding hydrogens is 446 g/mol. The van der Waals surface area contributed by atoms with Crippen molar-refractivity contribution in [3.8, 4) is 11.5 Å². The monoisotopic (exact) mass is 481 g/mol. The molecule has 8 heteroatoms. The van der Waals surface area contributed by atoms with Gasteiger partial charge in [0.15, 0.2) is 5.78 Å². The van der Waals surface area contributed by atoms with Gasteiger partial charge in [-0.3, -0.25) is 9.59 Å². The molecule has 2 aliphatic rings. The lowest BCUT2D eigenvalue weighted by molar-refractivity contribution is -0.118. The number of Topliss-reactive ketones (excluding diaryl/α,β-unsaturated/α-hetero) is 1. The maximum Gasteiger partial charge on any atom is 0.238 e. The molecule has 0 bridgehead atoms. The van der Waals surface area contributed by atoms with Crippen molar-refractivity contribution >= 4 is 17.4 Å². The van der Waals surface area contributed by atoms with Gasteiger partial charge >= 0.3 is 0 Å². The fourth-order valence-electron chi connectivity index (χ4n) is 4.24. The third kappa shape index (κ3) is 8.74. The summed E-state index contributed by atoms with van der Waals surface area (Å²) in [4.78, 5) is 24.3. The fraction of sp³-hybridized carbons (Fsp3) is 0.481. The predicted octanol–water partition coefficient (Wildman–Crippen LogP) is 3.07. The van der Waals surface area contributed by atoms with Crippen molar-refractivity contribution in [3.05, 3.63) is 54.1 Å². The van der Waals surface area contributed by atoms with Crippen molar-refractivity contribution in [2.45, 2.75) is 44.3 Å². The Morgan fingerprint density at radius 1 is 0.800 bits per heavy atom. The maximum absolute atomic E-state index is 12.2. The van der Waals surface area contributed by atoms with Gasteiger partial charge in [-0.15, -0.1) is 0 Å². The third-order valence-electron chi connectivity index (χ3n) is 6.10. The van der Waals surface area contributed by atoms with Gasteiger partial charge in [-0.2, -0.15) is 0 Å². The SMILES string of the molecule is O=C(CNC[C@H]1CCCO1)Cc1ccc(Oc2ccc(NC(=O)CNC[C@@H]3CCCO3)cc2)cc1. The third-order valence-corrected chi connectivity index (χ3v) is 6.10. The minimum absolute atomic E-state index is 0.0936. The molecule has 2 aromatic rings. The Bertz CT molecular complexity index is 859. The molecule has 0 unspecified atom stereocenters. The van der Waals surface area contributed by atoms with Crippen LogP contribution < -0.4 is 20.7 Å². The summed E-state index contributed by atoms with van der Waals surface area (Å²) in [6.45, 7) is 3.66. The highest BCUT2D eigenvalue weighted by molar-refractivity contribution is 5.92. The number of nitrogens with one attached hydrogen (secondary N) is 3. The number of carbonyl (C=O) groups is 2. The predicted molar refractivity (Wildman–Crippen MR) is 134 cm³/mol. The highest BCUT2D eigenvalue weighted by Gasteiger charge is 2.16. The van der Waals surface area contributed by atoms with Crippen LogP contribution in [0.1, 0.15) is 31.2 Å². The molecule has 8 nitrogen and oxygen atoms in total. The van der Waals surface area contributed by atoms with Gasteiger partial charge in [0.2, 0.25) is 5.91 Å². The molecule has 2 fully saturated rings. The lowest BCUT2D eigenvalue weighted by Gasteiger charge is -2.11. The van der Waals surface area contributed by atoms with E-state index in [2.05, 4.69) is 16.0 Å². The van der Waals surface area contributed by atoms with Crippen molar-refractivity contribution in [3.63, 3.8) is 0 Å². The minimum Gasteiger partial charge on any atom is -0.457 e. The van der Waals surface area contributed by atoms with Gasteiger partial charge in [-0.25, -0.2) is 0 Å². The van der Waals surface area contributed by atoms with Crippen LogP contribution in [0, 0.1) is 0 Å². The van der Waals surface area contributed by atoms with E-state index in [1.54, 1.807) is 0 Å². The summed E-state index contributed by atoms with van der Waals surface area (Å²) in [5, 5.41) is 9.21. The lowest BCUT2D eigenvalue weighted by Crippen LogP contribution is -2.33. The average Bonchev–Trinajstić information content (AvgIpc) is 3.56. The van der Waals surface area contributed by atoms with Gasteiger partial charge < -0.3 is 30.2 Å². The van der Waals surface area contributed by atoms with Crippen LogP contribution in [0.3, 0.4) is 0 Å². The molecule has 4 rings (SSSR count). The summed E-state index contributed by atoms with van der Waals surface area (Å²) in [6, 6.07) is 14.8. The van der Waals surface area contributed by atoms with Crippen molar-refractivity contribution in [1.82, 2.24) is 10.6 Å². The molecule has 0 spiro atoms. The van der Waals surface area contributed by atoms with Crippen molar-refractivity contribution < 1.29 is 23.8 Å². The molecule has 2 atom stereocenters. The van der Waals surface area contributed by atoms with Gasteiger partial charge in [0, 0.05) is 38.4 Å². The van der Waals surface area contributed by atoms with Crippen LogP contribution in [-0.4, -0.2) is 63.3 Å². The summed E-state index contributed by atoms with van der Waals surface area (Å²) >= 11 is 0. The van der Waals surface area contributed by atoms with E-state index in [0.717, 1.165) is 51.0 Å². The molecule has 3 N–H and O–H groups in total. The van der Waals surface area contributed by atoms with Crippen LogP contribution >= 0.6 is 0 Å². The van der Waals surface area contributed by atoms with Gasteiger partial charge in [-0.05, 0) is 67.6 Å². The van der Waals surface area contributed by atoms with Crippen LogP contribution in [-0.2, 0) is 25.5 Å². The first-order valence-corrected chi connectivity index (χ1v) is 12.5. The van der Waals surface area contributed by atoms with Gasteiger partial charge in [-0.1, -0.05) is 12.1 Å². The minimum atomic E-state index is -0.0936. The normalized spacial score (nSPS) is 19.5. The van der Waals surface area contributed by atoms with E-state index in [-0.39, 0.29) is 30.4 Å². The summed E-state index contributed by atoms with van der Waals surface area (Å²) in [6.07, 6.45) is 5.14. The number of rotatable bonds is 13. The molecular formula is C27H35N3O5. The number of amides is 1. The molecule has 0 aliphatic carbocycles. The molecule has 0 saturated carbocycles. The number of ketones is 1. The molecule has 2 aromatic carbocycles. The quantitative estimate of drug-likeness (QED) is 0.405. The number of ether oxygens (including phenoxy) is 3. The zero-order valence-electron chi connectivity index (χ0n) is 20.1. The first kappa shape index (κ1) is 25.3. The second-order valence-electron chi connectivity index (χ2n) is 9.07. The van der Waals surface area contributed by atoms with E-state index in [9.17, 15) is 9.59 Å². The molecule has 1 amide bonds. The molecule has 188 valence electrons. The molecule has 2 aliphatic heterocycles. The standard InChI is InChI=1S/C27H35N3O5/c31-22(16-28-17-25-3-1-13-33-25)15-20-5-9-23(10-6-20)35-24-11-7-21(8-12-24)30-27(32)19-29-18-26-4-2-14-34-26/h5-12,25-26,28-29H,1-4,13-19H2,(H,30,32)/t25-,26+/m1/s1. The van der Waals surface area contributed by atoms with Crippen molar-refractivity contribution in [2.24, 2.45) is 0 Å². The van der Waals surface area contributed by atoms with Crippen molar-refractivity contribution in [2.75, 3.05) is 44.7 Å². The van der Waals surface area contributed by atoms with Gasteiger partial charge in [0.1, 0.15) is 11.5 Å². The maximum atomic E-state index is 12.2. The second-order valence-corrected chi connectivity index (χ2v) is 9.07. The Balaban J connectivity index is 1.15. The Labute approximate surface area is 206 Å². The summed E-state index contributed by atoms with van der Waals surface area (Å²) in [7, 11) is 0. The summed E-state index contributed by atoms with van der Waals surface area (Å²) in [5.41, 5.74) is 1.66. The van der Waals surface area contributed by atoms with Gasteiger partial charge in [0.25, 0.3) is 0 Å². The van der Waals surface area contributed by atoms with Crippen LogP contribution in [0.25, 0.3) is 0 Å². The zero-order valence-corrected chi connectivity index (χ0v) is 20.1. The van der Waals surface area contributed by atoms with E-state index in [1.807, 2.05) is 48.5 Å². The molecule has 2 saturated heterocycles. The van der Waals surface area contributed by atoms with Crippen LogP contribution in [0.5, 0.6) is 11.5 Å². The summed E-state index contributed by atoms with van der Waals surface area (Å²) < 4.78 is 17.0. The Morgan fingerprint density at radius 3 is 1.94 bits per heavy atom. The Kier molecular flexibility index (Phi) is 9.65. The average molecular weight is 482 g/mol. The lowest BCUT2D eigenvalue weighted by atomic mass is 10.1. The summed E-state index contributed by atoms with van der Waals surface area (Å²) in [5.74, 6) is 1.41. The number of anilines is 1. The first-order valence-electron chi connectivity index (χ1n) is 12.5. The Morgan fingerprint density at radius 2 is 1.37 bits per heavy atom. The van der Waals surface area contributed by atoms with E-state index in [1.165, 1.54) is 0 Å². The molecule has 0 aromatic heterocycles. The molecule has 2 heterocycles. The number of carbonyl (C=O) groups excluding carboxylic acids is 2. The highest BCUT2D eigenvalue weighted by Crippen LogP contribution is 2.23. The number of benzene rings is 2. The smallest absolute Gasteiger partial charge is 0.238 e. The zero-order chi connectivity index (χ0) is 24.3. The van der Waals surface area contributed by atoms with Crippen molar-refractivity contribution in [1.29, 1.82) is 0 Å².